The Hall–Kier alpha value is -1.87. The third-order valence-electron chi connectivity index (χ3n) is 5.21. The normalized spacial score (nSPS) is 21.9. The van der Waals surface area contributed by atoms with E-state index in [0.717, 1.165) is 5.56 Å². The molecule has 1 aromatic carbocycles. The first kappa shape index (κ1) is 17.5. The van der Waals surface area contributed by atoms with Gasteiger partial charge in [0, 0.05) is 6.54 Å². The van der Waals surface area contributed by atoms with Crippen molar-refractivity contribution in [3.8, 4) is 0 Å². The summed E-state index contributed by atoms with van der Waals surface area (Å²) in [6.07, 6.45) is 1.15. The molecule has 0 bridgehead atoms. The number of sulfone groups is 1. The molecule has 0 N–H and O–H groups in total. The zero-order chi connectivity index (χ0) is 18.7. The van der Waals surface area contributed by atoms with Crippen molar-refractivity contribution in [2.24, 2.45) is 0 Å². The average Bonchev–Trinajstić information content (AvgIpc) is 3.23. The molecule has 0 spiro atoms. The minimum absolute atomic E-state index is 0.0149. The molecule has 2 aliphatic heterocycles. The Balaban J connectivity index is 1.77. The van der Waals surface area contributed by atoms with Crippen LogP contribution < -0.4 is 4.31 Å². The van der Waals surface area contributed by atoms with E-state index in [1.54, 1.807) is 18.5 Å². The van der Waals surface area contributed by atoms with Gasteiger partial charge in [0.25, 0.3) is 10.0 Å². The molecule has 140 valence electrons. The molecular formula is C17H21N3O4S2. The maximum atomic E-state index is 13.3. The van der Waals surface area contributed by atoms with Crippen LogP contribution in [0.1, 0.15) is 29.4 Å². The Kier molecular flexibility index (Phi) is 3.92. The van der Waals surface area contributed by atoms with Gasteiger partial charge in [-0.2, -0.15) is 5.10 Å². The lowest BCUT2D eigenvalue weighted by Crippen LogP contribution is -2.30. The Morgan fingerprint density at radius 2 is 1.92 bits per heavy atom. The molecule has 4 rings (SSSR count). The summed E-state index contributed by atoms with van der Waals surface area (Å²) in [5.41, 5.74) is 2.65. The molecule has 2 aliphatic rings. The van der Waals surface area contributed by atoms with Gasteiger partial charge in [0.2, 0.25) is 0 Å². The van der Waals surface area contributed by atoms with Crippen LogP contribution in [0.15, 0.2) is 29.2 Å². The van der Waals surface area contributed by atoms with Crippen molar-refractivity contribution >= 4 is 25.5 Å². The minimum atomic E-state index is -3.75. The summed E-state index contributed by atoms with van der Waals surface area (Å²) in [6, 6.07) is 7.20. The molecule has 9 heteroatoms. The smallest absolute Gasteiger partial charge is 0.266 e. The molecule has 2 aromatic rings. The maximum absolute atomic E-state index is 13.3. The molecular weight excluding hydrogens is 374 g/mol. The van der Waals surface area contributed by atoms with Gasteiger partial charge in [-0.15, -0.1) is 0 Å². The Morgan fingerprint density at radius 1 is 1.19 bits per heavy atom. The van der Waals surface area contributed by atoms with Crippen molar-refractivity contribution in [2.45, 2.75) is 37.6 Å². The fraction of sp³-hybridized carbons (Fsp3) is 0.471. The highest BCUT2D eigenvalue weighted by atomic mass is 32.2. The van der Waals surface area contributed by atoms with Gasteiger partial charge in [-0.1, -0.05) is 18.2 Å². The standard InChI is InChI=1S/C17H21N3O4S2/c1-12-17(13(2)20(18-12)15-8-10-25(21,22)11-15)26(23,24)19-9-7-14-5-3-4-6-16(14)19/h3-6,15H,7-11H2,1-2H3/t15-/m1/s1. The van der Waals surface area contributed by atoms with Gasteiger partial charge in [0.15, 0.2) is 9.84 Å². The Labute approximate surface area is 153 Å². The molecule has 0 amide bonds. The first-order valence-corrected chi connectivity index (χ1v) is 11.8. The SMILES string of the molecule is Cc1nn([C@@H]2CCS(=O)(=O)C2)c(C)c1S(=O)(=O)N1CCc2ccccc21. The van der Waals surface area contributed by atoms with Crippen LogP contribution in [0.25, 0.3) is 0 Å². The number of benzene rings is 1. The number of para-hydroxylation sites is 1. The van der Waals surface area contributed by atoms with E-state index in [-0.39, 0.29) is 22.4 Å². The highest BCUT2D eigenvalue weighted by Gasteiger charge is 2.37. The van der Waals surface area contributed by atoms with Crippen LogP contribution in [0.3, 0.4) is 0 Å². The summed E-state index contributed by atoms with van der Waals surface area (Å²) >= 11 is 0. The van der Waals surface area contributed by atoms with Crippen LogP contribution in [0.4, 0.5) is 5.69 Å². The highest BCUT2D eigenvalue weighted by Crippen LogP contribution is 2.36. The molecule has 3 heterocycles. The lowest BCUT2D eigenvalue weighted by Gasteiger charge is -2.20. The fourth-order valence-corrected chi connectivity index (χ4v) is 7.57. The molecule has 1 aromatic heterocycles. The molecule has 0 saturated carbocycles. The number of hydrogen-bond acceptors (Lipinski definition) is 5. The van der Waals surface area contributed by atoms with Gasteiger partial charge >= 0.3 is 0 Å². The van der Waals surface area contributed by atoms with E-state index >= 15 is 0 Å². The summed E-state index contributed by atoms with van der Waals surface area (Å²) in [5, 5.41) is 4.40. The number of anilines is 1. The maximum Gasteiger partial charge on any atom is 0.268 e. The third kappa shape index (κ3) is 2.64. The van der Waals surface area contributed by atoms with Crippen LogP contribution in [0, 0.1) is 13.8 Å². The molecule has 0 aliphatic carbocycles. The van der Waals surface area contributed by atoms with Gasteiger partial charge in [-0.25, -0.2) is 16.8 Å². The van der Waals surface area contributed by atoms with E-state index in [2.05, 4.69) is 5.10 Å². The van der Waals surface area contributed by atoms with E-state index in [0.29, 0.717) is 36.5 Å². The quantitative estimate of drug-likeness (QED) is 0.788. The van der Waals surface area contributed by atoms with Crippen molar-refractivity contribution in [3.63, 3.8) is 0 Å². The summed E-state index contributed by atoms with van der Waals surface area (Å²) in [6.45, 7) is 3.78. The Bertz CT molecular complexity index is 1090. The van der Waals surface area contributed by atoms with Crippen LogP contribution in [-0.4, -0.2) is 44.7 Å². The first-order chi connectivity index (χ1) is 12.2. The predicted octanol–water partition coefficient (Wildman–Crippen LogP) is 1.61. The van der Waals surface area contributed by atoms with E-state index in [9.17, 15) is 16.8 Å². The second-order valence-electron chi connectivity index (χ2n) is 6.96. The summed E-state index contributed by atoms with van der Waals surface area (Å²) in [5.74, 6) is 0.137. The molecule has 26 heavy (non-hydrogen) atoms. The second kappa shape index (κ2) is 5.82. The zero-order valence-electron chi connectivity index (χ0n) is 14.7. The number of hydrogen-bond donors (Lipinski definition) is 0. The minimum Gasteiger partial charge on any atom is -0.266 e. The summed E-state index contributed by atoms with van der Waals surface area (Å²) in [4.78, 5) is 0.193. The molecule has 1 saturated heterocycles. The molecule has 1 atom stereocenters. The van der Waals surface area contributed by atoms with E-state index in [1.165, 1.54) is 4.31 Å². The van der Waals surface area contributed by atoms with Gasteiger partial charge in [0.1, 0.15) is 4.90 Å². The first-order valence-electron chi connectivity index (χ1n) is 8.57. The van der Waals surface area contributed by atoms with Crippen molar-refractivity contribution in [3.05, 3.63) is 41.2 Å². The van der Waals surface area contributed by atoms with Gasteiger partial charge in [-0.3, -0.25) is 8.99 Å². The number of nitrogens with zero attached hydrogens (tertiary/aromatic N) is 3. The van der Waals surface area contributed by atoms with E-state index in [1.807, 2.05) is 24.3 Å². The van der Waals surface area contributed by atoms with E-state index in [4.69, 9.17) is 0 Å². The Morgan fingerprint density at radius 3 is 2.62 bits per heavy atom. The zero-order valence-corrected chi connectivity index (χ0v) is 16.3. The third-order valence-corrected chi connectivity index (χ3v) is 9.02. The van der Waals surface area contributed by atoms with Gasteiger partial charge in [0.05, 0.1) is 34.6 Å². The monoisotopic (exact) mass is 395 g/mol. The van der Waals surface area contributed by atoms with Crippen LogP contribution in [0.5, 0.6) is 0 Å². The average molecular weight is 396 g/mol. The number of sulfonamides is 1. The number of fused-ring (bicyclic) bond motifs is 1. The van der Waals surface area contributed by atoms with Crippen molar-refractivity contribution in [1.29, 1.82) is 0 Å². The van der Waals surface area contributed by atoms with Crippen LogP contribution in [0.2, 0.25) is 0 Å². The van der Waals surface area contributed by atoms with Crippen molar-refractivity contribution < 1.29 is 16.8 Å². The van der Waals surface area contributed by atoms with Crippen LogP contribution >= 0.6 is 0 Å². The molecule has 7 nitrogen and oxygen atoms in total. The van der Waals surface area contributed by atoms with Gasteiger partial charge in [-0.05, 0) is 38.3 Å². The number of rotatable bonds is 3. The lowest BCUT2D eigenvalue weighted by molar-refractivity contribution is 0.484. The largest absolute Gasteiger partial charge is 0.268 e. The molecule has 0 radical (unpaired) electrons. The number of aryl methyl sites for hydroxylation is 1. The van der Waals surface area contributed by atoms with Gasteiger partial charge < -0.3 is 0 Å². The van der Waals surface area contributed by atoms with Crippen LogP contribution in [-0.2, 0) is 26.3 Å². The lowest BCUT2D eigenvalue weighted by atomic mass is 10.2. The van der Waals surface area contributed by atoms with E-state index < -0.39 is 19.9 Å². The second-order valence-corrected chi connectivity index (χ2v) is 11.0. The topological polar surface area (TPSA) is 89.3 Å². The number of aromatic nitrogens is 2. The fourth-order valence-electron chi connectivity index (χ4n) is 4.01. The summed E-state index contributed by atoms with van der Waals surface area (Å²) in [7, 11) is -6.83. The predicted molar refractivity (Wildman–Crippen MR) is 98.7 cm³/mol. The highest BCUT2D eigenvalue weighted by molar-refractivity contribution is 7.93. The summed E-state index contributed by atoms with van der Waals surface area (Å²) < 4.78 is 53.3. The molecule has 1 fully saturated rings. The van der Waals surface area contributed by atoms with Crippen molar-refractivity contribution in [2.75, 3.05) is 22.4 Å². The van der Waals surface area contributed by atoms with Crippen molar-refractivity contribution in [1.82, 2.24) is 9.78 Å². The molecule has 0 unspecified atom stereocenters.